The molecule has 1 aliphatic rings. The van der Waals surface area contributed by atoms with Crippen LogP contribution in [-0.4, -0.2) is 37.0 Å². The number of rotatable bonds is 7. The first-order valence-electron chi connectivity index (χ1n) is 9.61. The number of benzene rings is 2. The fourth-order valence-corrected chi connectivity index (χ4v) is 3.10. The Balaban J connectivity index is 1.52. The van der Waals surface area contributed by atoms with Gasteiger partial charge in [0.15, 0.2) is 6.61 Å². The van der Waals surface area contributed by atoms with Crippen molar-refractivity contribution in [1.82, 2.24) is 0 Å². The Kier molecular flexibility index (Phi) is 6.66. The number of halogens is 1. The average Bonchev–Trinajstić information content (AvgIpc) is 3.10. The molecule has 0 radical (unpaired) electrons. The molecule has 7 nitrogen and oxygen atoms in total. The van der Waals surface area contributed by atoms with Crippen molar-refractivity contribution >= 4 is 29.2 Å². The second kappa shape index (κ2) is 9.39. The maximum absolute atomic E-state index is 13.6. The summed E-state index contributed by atoms with van der Waals surface area (Å²) < 4.78 is 24.2. The van der Waals surface area contributed by atoms with Crippen LogP contribution in [0.2, 0.25) is 0 Å². The Morgan fingerprint density at radius 3 is 2.53 bits per heavy atom. The van der Waals surface area contributed by atoms with Gasteiger partial charge in [0.1, 0.15) is 11.6 Å². The summed E-state index contributed by atoms with van der Waals surface area (Å²) in [4.78, 5) is 38.0. The molecule has 0 saturated carbocycles. The molecular formula is C22H23FN2O5. The van der Waals surface area contributed by atoms with Crippen LogP contribution in [0.25, 0.3) is 0 Å². The fourth-order valence-electron chi connectivity index (χ4n) is 3.10. The first-order chi connectivity index (χ1) is 14.3. The summed E-state index contributed by atoms with van der Waals surface area (Å²) in [7, 11) is 0. The Labute approximate surface area is 173 Å². The third-order valence-electron chi connectivity index (χ3n) is 4.47. The molecular weight excluding hydrogens is 391 g/mol. The van der Waals surface area contributed by atoms with Gasteiger partial charge in [0.2, 0.25) is 5.91 Å². The first kappa shape index (κ1) is 21.3. The monoisotopic (exact) mass is 414 g/mol. The summed E-state index contributed by atoms with van der Waals surface area (Å²) in [6.45, 7) is 3.45. The number of para-hydroxylation sites is 1. The largest absolute Gasteiger partial charge is 0.491 e. The van der Waals surface area contributed by atoms with Crippen molar-refractivity contribution in [3.05, 3.63) is 54.3 Å². The van der Waals surface area contributed by atoms with Crippen molar-refractivity contribution in [2.24, 2.45) is 5.92 Å². The normalized spacial score (nSPS) is 15.9. The van der Waals surface area contributed by atoms with Gasteiger partial charge in [-0.3, -0.25) is 14.4 Å². The maximum atomic E-state index is 13.6. The number of nitrogens with one attached hydrogen (secondary N) is 1. The van der Waals surface area contributed by atoms with E-state index in [0.717, 1.165) is 0 Å². The van der Waals surface area contributed by atoms with Gasteiger partial charge in [0.25, 0.3) is 5.91 Å². The molecule has 1 N–H and O–H groups in total. The van der Waals surface area contributed by atoms with Crippen molar-refractivity contribution in [2.75, 3.05) is 23.4 Å². The van der Waals surface area contributed by atoms with E-state index in [1.807, 2.05) is 13.8 Å². The molecule has 1 aliphatic heterocycles. The van der Waals surface area contributed by atoms with E-state index < -0.39 is 30.2 Å². The number of ether oxygens (including phenoxy) is 2. The van der Waals surface area contributed by atoms with Crippen LogP contribution in [0.3, 0.4) is 0 Å². The van der Waals surface area contributed by atoms with Crippen LogP contribution in [0.4, 0.5) is 15.8 Å². The van der Waals surface area contributed by atoms with Gasteiger partial charge in [-0.25, -0.2) is 4.39 Å². The van der Waals surface area contributed by atoms with E-state index in [-0.39, 0.29) is 30.7 Å². The van der Waals surface area contributed by atoms with Crippen LogP contribution in [-0.2, 0) is 19.1 Å². The topological polar surface area (TPSA) is 84.9 Å². The van der Waals surface area contributed by atoms with Crippen LogP contribution in [0.15, 0.2) is 48.5 Å². The highest BCUT2D eigenvalue weighted by atomic mass is 19.1. The SMILES string of the molecule is CC(C)Oc1ccc(N2C[C@H](C(=O)OCC(=O)Nc3ccccc3F)CC2=O)cc1. The van der Waals surface area contributed by atoms with Gasteiger partial charge < -0.3 is 19.7 Å². The minimum Gasteiger partial charge on any atom is -0.491 e. The number of amides is 2. The lowest BCUT2D eigenvalue weighted by Gasteiger charge is -2.17. The van der Waals surface area contributed by atoms with E-state index in [4.69, 9.17) is 9.47 Å². The summed E-state index contributed by atoms with van der Waals surface area (Å²) >= 11 is 0. The molecule has 2 aromatic rings. The standard InChI is InChI=1S/C22H23FN2O5/c1-14(2)30-17-9-7-16(8-10-17)25-12-15(11-21(25)27)22(28)29-13-20(26)24-19-6-4-3-5-18(19)23/h3-10,14-15H,11-13H2,1-2H3,(H,24,26)/t15-/m1/s1. The molecule has 2 amide bonds. The van der Waals surface area contributed by atoms with Gasteiger partial charge in [-0.2, -0.15) is 0 Å². The molecule has 158 valence electrons. The third-order valence-corrected chi connectivity index (χ3v) is 4.47. The second-order valence-electron chi connectivity index (χ2n) is 7.20. The second-order valence-corrected chi connectivity index (χ2v) is 7.20. The van der Waals surface area contributed by atoms with Gasteiger partial charge >= 0.3 is 5.97 Å². The van der Waals surface area contributed by atoms with E-state index >= 15 is 0 Å². The van der Waals surface area contributed by atoms with Crippen molar-refractivity contribution in [2.45, 2.75) is 26.4 Å². The molecule has 2 aromatic carbocycles. The molecule has 0 aromatic heterocycles. The van der Waals surface area contributed by atoms with Gasteiger partial charge in [-0.15, -0.1) is 0 Å². The predicted octanol–water partition coefficient (Wildman–Crippen LogP) is 3.15. The van der Waals surface area contributed by atoms with E-state index in [2.05, 4.69) is 5.32 Å². The fraction of sp³-hybridized carbons (Fsp3) is 0.318. The zero-order chi connectivity index (χ0) is 21.7. The smallest absolute Gasteiger partial charge is 0.311 e. The molecule has 1 atom stereocenters. The lowest BCUT2D eigenvalue weighted by atomic mass is 10.1. The van der Waals surface area contributed by atoms with Crippen molar-refractivity contribution in [1.29, 1.82) is 0 Å². The highest BCUT2D eigenvalue weighted by Crippen LogP contribution is 2.27. The molecule has 1 heterocycles. The Morgan fingerprint density at radius 2 is 1.87 bits per heavy atom. The third kappa shape index (κ3) is 5.34. The lowest BCUT2D eigenvalue weighted by molar-refractivity contribution is -0.151. The molecule has 1 fully saturated rings. The Hall–Kier alpha value is -3.42. The highest BCUT2D eigenvalue weighted by molar-refractivity contribution is 6.00. The van der Waals surface area contributed by atoms with Crippen LogP contribution in [0.1, 0.15) is 20.3 Å². The van der Waals surface area contributed by atoms with Crippen LogP contribution in [0.5, 0.6) is 5.75 Å². The van der Waals surface area contributed by atoms with Crippen molar-refractivity contribution in [3.8, 4) is 5.75 Å². The van der Waals surface area contributed by atoms with E-state index in [1.54, 1.807) is 30.3 Å². The van der Waals surface area contributed by atoms with E-state index in [9.17, 15) is 18.8 Å². The molecule has 0 unspecified atom stereocenters. The van der Waals surface area contributed by atoms with E-state index in [1.165, 1.54) is 23.1 Å². The minimum atomic E-state index is -0.676. The number of esters is 1. The zero-order valence-corrected chi connectivity index (χ0v) is 16.8. The predicted molar refractivity (Wildman–Crippen MR) is 109 cm³/mol. The number of hydrogen-bond acceptors (Lipinski definition) is 5. The van der Waals surface area contributed by atoms with E-state index in [0.29, 0.717) is 11.4 Å². The summed E-state index contributed by atoms with van der Waals surface area (Å²) in [6, 6.07) is 12.7. The van der Waals surface area contributed by atoms with Gasteiger partial charge in [0.05, 0.1) is 17.7 Å². The van der Waals surface area contributed by atoms with Crippen molar-refractivity contribution in [3.63, 3.8) is 0 Å². The highest BCUT2D eigenvalue weighted by Gasteiger charge is 2.36. The first-order valence-corrected chi connectivity index (χ1v) is 9.61. The lowest BCUT2D eigenvalue weighted by Crippen LogP contribution is -2.28. The van der Waals surface area contributed by atoms with Gasteiger partial charge in [-0.05, 0) is 50.2 Å². The molecule has 1 saturated heterocycles. The molecule has 3 rings (SSSR count). The van der Waals surface area contributed by atoms with Crippen LogP contribution >= 0.6 is 0 Å². The summed E-state index contributed by atoms with van der Waals surface area (Å²) in [6.07, 6.45) is 0.0388. The maximum Gasteiger partial charge on any atom is 0.311 e. The van der Waals surface area contributed by atoms with Gasteiger partial charge in [-0.1, -0.05) is 12.1 Å². The Bertz CT molecular complexity index is 929. The number of carbonyl (C=O) groups excluding carboxylic acids is 3. The molecule has 0 spiro atoms. The minimum absolute atomic E-state index is 0.00197. The quantitative estimate of drug-likeness (QED) is 0.704. The molecule has 0 aliphatic carbocycles. The average molecular weight is 414 g/mol. The number of hydrogen-bond donors (Lipinski definition) is 1. The van der Waals surface area contributed by atoms with Gasteiger partial charge in [0, 0.05) is 18.7 Å². The number of nitrogens with zero attached hydrogens (tertiary/aromatic N) is 1. The summed E-state index contributed by atoms with van der Waals surface area (Å²) in [5.74, 6) is -2.07. The number of carbonyl (C=O) groups is 3. The Morgan fingerprint density at radius 1 is 1.17 bits per heavy atom. The molecule has 8 heteroatoms. The molecule has 0 bridgehead atoms. The van der Waals surface area contributed by atoms with Crippen molar-refractivity contribution < 1.29 is 28.2 Å². The summed E-state index contributed by atoms with van der Waals surface area (Å²) in [5.41, 5.74) is 0.661. The zero-order valence-electron chi connectivity index (χ0n) is 16.8. The number of anilines is 2. The molecule has 30 heavy (non-hydrogen) atoms. The van der Waals surface area contributed by atoms with Crippen LogP contribution < -0.4 is 15.0 Å². The van der Waals surface area contributed by atoms with Crippen LogP contribution in [0, 0.1) is 11.7 Å². The summed E-state index contributed by atoms with van der Waals surface area (Å²) in [5, 5.41) is 2.34.